The van der Waals surface area contributed by atoms with Crippen molar-refractivity contribution in [2.75, 3.05) is 10.6 Å². The number of benzene rings is 2. The number of nitrogens with one attached hydrogen (secondary N) is 2. The molecule has 0 saturated heterocycles. The summed E-state index contributed by atoms with van der Waals surface area (Å²) in [6.07, 6.45) is -0.832. The molecule has 2 aromatic rings. The second kappa shape index (κ2) is 7.70. The third-order valence-electron chi connectivity index (χ3n) is 3.04. The highest BCUT2D eigenvalue weighted by Crippen LogP contribution is 2.23. The summed E-state index contributed by atoms with van der Waals surface area (Å²) in [5, 5.41) is 4.72. The molecule has 138 valence electrons. The first kappa shape index (κ1) is 19.7. The standard InChI is InChI=1S/C18H17ClF2N2O3/c1-18(2,3)26-17(25)23-15-9-11(5-7-14(15)21)22-16(24)12-6-4-10(20)8-13(12)19/h4-9H,1-3H3,(H,22,24)(H,23,25). The molecule has 0 aliphatic carbocycles. The van der Waals surface area contributed by atoms with Gasteiger partial charge in [-0.05, 0) is 57.2 Å². The van der Waals surface area contributed by atoms with Gasteiger partial charge in [0.05, 0.1) is 16.3 Å². The van der Waals surface area contributed by atoms with E-state index in [4.69, 9.17) is 16.3 Å². The lowest BCUT2D eigenvalue weighted by atomic mass is 10.2. The van der Waals surface area contributed by atoms with Crippen molar-refractivity contribution in [3.05, 3.63) is 58.6 Å². The van der Waals surface area contributed by atoms with Crippen molar-refractivity contribution in [1.29, 1.82) is 0 Å². The monoisotopic (exact) mass is 382 g/mol. The molecular formula is C18H17ClF2N2O3. The maximum absolute atomic E-state index is 13.9. The minimum absolute atomic E-state index is 0.0547. The number of rotatable bonds is 3. The summed E-state index contributed by atoms with van der Waals surface area (Å²) in [6.45, 7) is 5.02. The van der Waals surface area contributed by atoms with Gasteiger partial charge in [0.15, 0.2) is 0 Å². The quantitative estimate of drug-likeness (QED) is 0.765. The zero-order chi connectivity index (χ0) is 19.5. The molecule has 26 heavy (non-hydrogen) atoms. The van der Waals surface area contributed by atoms with Gasteiger partial charge in [-0.15, -0.1) is 0 Å². The number of carbonyl (C=O) groups excluding carboxylic acids is 2. The molecule has 8 heteroatoms. The van der Waals surface area contributed by atoms with Crippen LogP contribution in [-0.2, 0) is 4.74 Å². The molecule has 2 aromatic carbocycles. The molecule has 0 spiro atoms. The van der Waals surface area contributed by atoms with Crippen molar-refractivity contribution in [3.8, 4) is 0 Å². The van der Waals surface area contributed by atoms with Gasteiger partial charge in [0.25, 0.3) is 5.91 Å². The van der Waals surface area contributed by atoms with Gasteiger partial charge in [-0.3, -0.25) is 10.1 Å². The Morgan fingerprint density at radius 1 is 1.04 bits per heavy atom. The number of hydrogen-bond donors (Lipinski definition) is 2. The molecule has 0 aliphatic rings. The lowest BCUT2D eigenvalue weighted by molar-refractivity contribution is 0.0635. The van der Waals surface area contributed by atoms with Gasteiger partial charge in [0.2, 0.25) is 0 Å². The lowest BCUT2D eigenvalue weighted by Crippen LogP contribution is -2.27. The molecule has 2 N–H and O–H groups in total. The second-order valence-corrected chi connectivity index (χ2v) is 6.81. The Kier molecular flexibility index (Phi) is 5.82. The first-order valence-electron chi connectivity index (χ1n) is 7.61. The number of anilines is 2. The summed E-state index contributed by atoms with van der Waals surface area (Å²) in [7, 11) is 0. The average Bonchev–Trinajstić information content (AvgIpc) is 2.48. The smallest absolute Gasteiger partial charge is 0.412 e. The summed E-state index contributed by atoms with van der Waals surface area (Å²) < 4.78 is 32.0. The molecular weight excluding hydrogens is 366 g/mol. The molecule has 0 aromatic heterocycles. The number of halogens is 3. The number of amides is 2. The van der Waals surface area contributed by atoms with Crippen LogP contribution in [0, 0.1) is 11.6 Å². The maximum Gasteiger partial charge on any atom is 0.412 e. The molecule has 0 saturated carbocycles. The van der Waals surface area contributed by atoms with E-state index in [0.29, 0.717) is 0 Å². The summed E-state index contributed by atoms with van der Waals surface area (Å²) >= 11 is 5.84. The third-order valence-corrected chi connectivity index (χ3v) is 3.35. The van der Waals surface area contributed by atoms with Crippen molar-refractivity contribution in [2.45, 2.75) is 26.4 Å². The summed E-state index contributed by atoms with van der Waals surface area (Å²) in [6, 6.07) is 6.96. The molecule has 0 heterocycles. The van der Waals surface area contributed by atoms with Gasteiger partial charge in [-0.25, -0.2) is 13.6 Å². The molecule has 2 rings (SSSR count). The largest absolute Gasteiger partial charge is 0.444 e. The fourth-order valence-electron chi connectivity index (χ4n) is 1.98. The van der Waals surface area contributed by atoms with Crippen LogP contribution in [0.3, 0.4) is 0 Å². The predicted octanol–water partition coefficient (Wildman–Crippen LogP) is 5.22. The van der Waals surface area contributed by atoms with Crippen molar-refractivity contribution in [2.24, 2.45) is 0 Å². The Bertz CT molecular complexity index is 851. The van der Waals surface area contributed by atoms with Crippen molar-refractivity contribution in [3.63, 3.8) is 0 Å². The third kappa shape index (κ3) is 5.42. The fourth-order valence-corrected chi connectivity index (χ4v) is 2.24. The second-order valence-electron chi connectivity index (χ2n) is 6.40. The van der Waals surface area contributed by atoms with E-state index in [9.17, 15) is 18.4 Å². The highest BCUT2D eigenvalue weighted by Gasteiger charge is 2.18. The van der Waals surface area contributed by atoms with E-state index in [0.717, 1.165) is 18.2 Å². The van der Waals surface area contributed by atoms with E-state index < -0.39 is 29.2 Å². The molecule has 0 fully saturated rings. The topological polar surface area (TPSA) is 67.4 Å². The van der Waals surface area contributed by atoms with Gasteiger partial charge in [-0.1, -0.05) is 11.6 Å². The van der Waals surface area contributed by atoms with Crippen LogP contribution < -0.4 is 10.6 Å². The minimum Gasteiger partial charge on any atom is -0.444 e. The number of hydrogen-bond acceptors (Lipinski definition) is 3. The zero-order valence-electron chi connectivity index (χ0n) is 14.3. The van der Waals surface area contributed by atoms with E-state index in [2.05, 4.69) is 10.6 Å². The summed E-state index contributed by atoms with van der Waals surface area (Å²) in [5.74, 6) is -1.88. The Morgan fingerprint density at radius 3 is 2.35 bits per heavy atom. The fraction of sp³-hybridized carbons (Fsp3) is 0.222. The summed E-state index contributed by atoms with van der Waals surface area (Å²) in [5.41, 5.74) is -0.643. The Labute approximate surface area is 154 Å². The van der Waals surface area contributed by atoms with Gasteiger partial charge < -0.3 is 10.1 Å². The van der Waals surface area contributed by atoms with E-state index in [-0.39, 0.29) is 22.0 Å². The SMILES string of the molecule is CC(C)(C)OC(=O)Nc1cc(NC(=O)c2ccc(F)cc2Cl)ccc1F. The van der Waals surface area contributed by atoms with Crippen LogP contribution in [0.5, 0.6) is 0 Å². The van der Waals surface area contributed by atoms with E-state index in [1.54, 1.807) is 20.8 Å². The van der Waals surface area contributed by atoms with Gasteiger partial charge in [-0.2, -0.15) is 0 Å². The van der Waals surface area contributed by atoms with E-state index in [1.807, 2.05) is 0 Å². The molecule has 5 nitrogen and oxygen atoms in total. The average molecular weight is 383 g/mol. The van der Waals surface area contributed by atoms with Crippen LogP contribution in [-0.4, -0.2) is 17.6 Å². The van der Waals surface area contributed by atoms with Crippen molar-refractivity contribution < 1.29 is 23.1 Å². The number of ether oxygens (including phenoxy) is 1. The molecule has 0 aliphatic heterocycles. The molecule has 2 amide bonds. The summed E-state index contributed by atoms with van der Waals surface area (Å²) in [4.78, 5) is 24.0. The molecule has 0 bridgehead atoms. The zero-order valence-corrected chi connectivity index (χ0v) is 15.1. The van der Waals surface area contributed by atoms with Crippen LogP contribution >= 0.6 is 11.6 Å². The van der Waals surface area contributed by atoms with Crippen LogP contribution in [0.4, 0.5) is 25.0 Å². The maximum atomic E-state index is 13.9. The van der Waals surface area contributed by atoms with E-state index >= 15 is 0 Å². The Hall–Kier alpha value is -2.67. The number of carbonyl (C=O) groups is 2. The lowest BCUT2D eigenvalue weighted by Gasteiger charge is -2.20. The first-order chi connectivity index (χ1) is 12.0. The van der Waals surface area contributed by atoms with Crippen molar-refractivity contribution in [1.82, 2.24) is 0 Å². The Balaban J connectivity index is 2.16. The van der Waals surface area contributed by atoms with Crippen molar-refractivity contribution >= 4 is 35.0 Å². The van der Waals surface area contributed by atoms with Gasteiger partial charge in [0, 0.05) is 5.69 Å². The van der Waals surface area contributed by atoms with Gasteiger partial charge >= 0.3 is 6.09 Å². The highest BCUT2D eigenvalue weighted by molar-refractivity contribution is 6.34. The van der Waals surface area contributed by atoms with Crippen LogP contribution in [0.2, 0.25) is 5.02 Å². The first-order valence-corrected chi connectivity index (χ1v) is 7.99. The minimum atomic E-state index is -0.832. The Morgan fingerprint density at radius 2 is 1.73 bits per heavy atom. The molecule has 0 radical (unpaired) electrons. The van der Waals surface area contributed by atoms with E-state index in [1.165, 1.54) is 18.2 Å². The van der Waals surface area contributed by atoms with Crippen LogP contribution in [0.25, 0.3) is 0 Å². The van der Waals surface area contributed by atoms with Crippen LogP contribution in [0.15, 0.2) is 36.4 Å². The highest BCUT2D eigenvalue weighted by atomic mass is 35.5. The van der Waals surface area contributed by atoms with Crippen LogP contribution in [0.1, 0.15) is 31.1 Å². The molecule has 0 unspecified atom stereocenters. The predicted molar refractivity (Wildman–Crippen MR) is 95.6 cm³/mol. The molecule has 0 atom stereocenters. The normalized spacial score (nSPS) is 11.0. The van der Waals surface area contributed by atoms with Gasteiger partial charge in [0.1, 0.15) is 17.2 Å².